The predicted molar refractivity (Wildman–Crippen MR) is 90.4 cm³/mol. The molecule has 0 unspecified atom stereocenters. The molecule has 1 heterocycles. The van der Waals surface area contributed by atoms with Gasteiger partial charge in [-0.15, -0.1) is 0 Å². The molecule has 0 aromatic heterocycles. The lowest BCUT2D eigenvalue weighted by atomic mass is 10.1. The van der Waals surface area contributed by atoms with Crippen LogP contribution in [0.3, 0.4) is 0 Å². The summed E-state index contributed by atoms with van der Waals surface area (Å²) in [5.41, 5.74) is 1.23. The second-order valence-electron chi connectivity index (χ2n) is 6.37. The van der Waals surface area contributed by atoms with Crippen LogP contribution in [0.1, 0.15) is 25.8 Å². The summed E-state index contributed by atoms with van der Waals surface area (Å²) in [5, 5.41) is 9.60. The monoisotopic (exact) mass is 306 g/mol. The zero-order valence-electron chi connectivity index (χ0n) is 14.2. The molecule has 1 aromatic rings. The molecule has 1 aliphatic heterocycles. The van der Waals surface area contributed by atoms with E-state index in [4.69, 9.17) is 4.74 Å². The van der Waals surface area contributed by atoms with Crippen molar-refractivity contribution >= 4 is 0 Å². The number of hydrogen-bond donors (Lipinski definition) is 1. The molecular formula is C18H30N2O2. The maximum Gasteiger partial charge on any atom is 0.119 e. The van der Waals surface area contributed by atoms with Crippen molar-refractivity contribution < 1.29 is 9.84 Å². The Bertz CT molecular complexity index is 450. The van der Waals surface area contributed by atoms with E-state index in [0.29, 0.717) is 6.04 Å². The molecule has 1 aromatic carbocycles. The summed E-state index contributed by atoms with van der Waals surface area (Å²) in [6, 6.07) is 8.76. The van der Waals surface area contributed by atoms with Crippen LogP contribution in [0.4, 0.5) is 0 Å². The summed E-state index contributed by atoms with van der Waals surface area (Å²) in [4.78, 5) is 4.89. The Labute approximate surface area is 134 Å². The second kappa shape index (κ2) is 8.51. The minimum atomic E-state index is -0.245. The Morgan fingerprint density at radius 2 is 2.18 bits per heavy atom. The Morgan fingerprint density at radius 1 is 1.36 bits per heavy atom. The Balaban J connectivity index is 1.75. The van der Waals surface area contributed by atoms with Gasteiger partial charge in [-0.2, -0.15) is 0 Å². The van der Waals surface area contributed by atoms with Crippen LogP contribution in [0.5, 0.6) is 5.75 Å². The highest BCUT2D eigenvalue weighted by Crippen LogP contribution is 2.15. The lowest BCUT2D eigenvalue weighted by Crippen LogP contribution is -2.55. The molecule has 4 heteroatoms. The number of aliphatic hydroxyl groups is 1. The molecule has 4 nitrogen and oxygen atoms in total. The third kappa shape index (κ3) is 5.27. The third-order valence-corrected chi connectivity index (χ3v) is 4.32. The van der Waals surface area contributed by atoms with Crippen molar-refractivity contribution in [1.82, 2.24) is 9.80 Å². The summed E-state index contributed by atoms with van der Waals surface area (Å²) in [7, 11) is 0. The first-order valence-electron chi connectivity index (χ1n) is 8.42. The van der Waals surface area contributed by atoms with Crippen molar-refractivity contribution in [3.8, 4) is 5.75 Å². The van der Waals surface area contributed by atoms with E-state index in [2.05, 4.69) is 35.8 Å². The van der Waals surface area contributed by atoms with Crippen LogP contribution in [-0.2, 0) is 0 Å². The number of hydrogen-bond acceptors (Lipinski definition) is 4. The molecular weight excluding hydrogens is 276 g/mol. The molecule has 0 bridgehead atoms. The molecule has 1 saturated heterocycles. The van der Waals surface area contributed by atoms with Crippen LogP contribution in [0.2, 0.25) is 0 Å². The molecule has 1 fully saturated rings. The van der Waals surface area contributed by atoms with Crippen molar-refractivity contribution in [2.45, 2.75) is 39.3 Å². The molecule has 22 heavy (non-hydrogen) atoms. The van der Waals surface area contributed by atoms with Crippen LogP contribution in [0.25, 0.3) is 0 Å². The number of aryl methyl sites for hydroxylation is 1. The van der Waals surface area contributed by atoms with Crippen molar-refractivity contribution in [2.24, 2.45) is 0 Å². The van der Waals surface area contributed by atoms with Gasteiger partial charge < -0.3 is 9.84 Å². The van der Waals surface area contributed by atoms with Crippen LogP contribution in [0.15, 0.2) is 24.3 Å². The van der Waals surface area contributed by atoms with Crippen LogP contribution in [-0.4, -0.2) is 66.4 Å². The second-order valence-corrected chi connectivity index (χ2v) is 6.37. The number of aliphatic hydroxyl groups excluding tert-OH is 1. The van der Waals surface area contributed by atoms with Gasteiger partial charge in [-0.3, -0.25) is 9.80 Å². The molecule has 0 radical (unpaired) electrons. The fourth-order valence-corrected chi connectivity index (χ4v) is 3.13. The predicted octanol–water partition coefficient (Wildman–Crippen LogP) is 2.15. The molecule has 1 N–H and O–H groups in total. The fourth-order valence-electron chi connectivity index (χ4n) is 3.13. The zero-order chi connectivity index (χ0) is 15.9. The van der Waals surface area contributed by atoms with Gasteiger partial charge in [0.15, 0.2) is 0 Å². The SMILES string of the molecule is CC[C@@H]1CN(CCOc2cccc(C)c2)CCN1C[C@H](C)O. The van der Waals surface area contributed by atoms with Crippen molar-refractivity contribution in [1.29, 1.82) is 0 Å². The molecule has 2 rings (SSSR count). The standard InChI is InChI=1S/C18H30N2O2/c1-4-17-14-19(8-9-20(17)13-16(3)21)10-11-22-18-7-5-6-15(2)12-18/h5-7,12,16-17,21H,4,8-11,13-14H2,1-3H3/t16-,17+/m0/s1. The number of nitrogens with zero attached hydrogens (tertiary/aromatic N) is 2. The summed E-state index contributed by atoms with van der Waals surface area (Å²) < 4.78 is 5.85. The first-order valence-corrected chi connectivity index (χ1v) is 8.42. The summed E-state index contributed by atoms with van der Waals surface area (Å²) in [5.74, 6) is 0.958. The molecule has 0 amide bonds. The van der Waals surface area contributed by atoms with Gasteiger partial charge in [0.25, 0.3) is 0 Å². The number of β-amino-alcohol motifs (C(OH)–C–C–N with tert-alkyl or cyclic N) is 1. The number of ether oxygens (including phenoxy) is 1. The van der Waals surface area contributed by atoms with Crippen LogP contribution >= 0.6 is 0 Å². The maximum atomic E-state index is 9.60. The van der Waals surface area contributed by atoms with E-state index in [-0.39, 0.29) is 6.10 Å². The van der Waals surface area contributed by atoms with E-state index >= 15 is 0 Å². The van der Waals surface area contributed by atoms with E-state index in [1.165, 1.54) is 5.56 Å². The van der Waals surface area contributed by atoms with Crippen molar-refractivity contribution in [2.75, 3.05) is 39.3 Å². The van der Waals surface area contributed by atoms with Gasteiger partial charge in [0.1, 0.15) is 12.4 Å². The minimum Gasteiger partial charge on any atom is -0.492 e. The molecule has 0 aliphatic carbocycles. The average Bonchev–Trinajstić information content (AvgIpc) is 2.48. The van der Waals surface area contributed by atoms with E-state index in [9.17, 15) is 5.11 Å². The largest absolute Gasteiger partial charge is 0.492 e. The molecule has 124 valence electrons. The van der Waals surface area contributed by atoms with Gasteiger partial charge in [0.05, 0.1) is 6.10 Å². The van der Waals surface area contributed by atoms with Gasteiger partial charge in [0.2, 0.25) is 0 Å². The highest BCUT2D eigenvalue weighted by atomic mass is 16.5. The Hall–Kier alpha value is -1.10. The van der Waals surface area contributed by atoms with Crippen molar-refractivity contribution in [3.63, 3.8) is 0 Å². The van der Waals surface area contributed by atoms with Gasteiger partial charge in [-0.05, 0) is 38.0 Å². The van der Waals surface area contributed by atoms with E-state index in [1.54, 1.807) is 0 Å². The minimum absolute atomic E-state index is 0.245. The summed E-state index contributed by atoms with van der Waals surface area (Å²) in [6.07, 6.45) is 0.882. The number of piperazine rings is 1. The maximum absolute atomic E-state index is 9.60. The quantitative estimate of drug-likeness (QED) is 0.837. The summed E-state index contributed by atoms with van der Waals surface area (Å²) >= 11 is 0. The van der Waals surface area contributed by atoms with Crippen LogP contribution in [0, 0.1) is 6.92 Å². The lowest BCUT2D eigenvalue weighted by Gasteiger charge is -2.41. The topological polar surface area (TPSA) is 35.9 Å². The zero-order valence-corrected chi connectivity index (χ0v) is 14.2. The Kier molecular flexibility index (Phi) is 6.68. The fraction of sp³-hybridized carbons (Fsp3) is 0.667. The molecule has 0 spiro atoms. The highest BCUT2D eigenvalue weighted by molar-refractivity contribution is 5.27. The van der Waals surface area contributed by atoms with E-state index < -0.39 is 0 Å². The average molecular weight is 306 g/mol. The third-order valence-electron chi connectivity index (χ3n) is 4.32. The summed E-state index contributed by atoms with van der Waals surface area (Å²) in [6.45, 7) is 11.8. The highest BCUT2D eigenvalue weighted by Gasteiger charge is 2.26. The van der Waals surface area contributed by atoms with E-state index in [0.717, 1.165) is 51.5 Å². The first kappa shape index (κ1) is 17.3. The molecule has 2 atom stereocenters. The van der Waals surface area contributed by atoms with Crippen molar-refractivity contribution in [3.05, 3.63) is 29.8 Å². The lowest BCUT2D eigenvalue weighted by molar-refractivity contribution is 0.0322. The van der Waals surface area contributed by atoms with Gasteiger partial charge in [-0.25, -0.2) is 0 Å². The van der Waals surface area contributed by atoms with E-state index in [1.807, 2.05) is 19.1 Å². The molecule has 0 saturated carbocycles. The number of rotatable bonds is 7. The number of benzene rings is 1. The Morgan fingerprint density at radius 3 is 2.86 bits per heavy atom. The first-order chi connectivity index (χ1) is 10.6. The normalized spacial score (nSPS) is 21.7. The smallest absolute Gasteiger partial charge is 0.119 e. The van der Waals surface area contributed by atoms with Crippen LogP contribution < -0.4 is 4.74 Å². The van der Waals surface area contributed by atoms with Gasteiger partial charge >= 0.3 is 0 Å². The van der Waals surface area contributed by atoms with Gasteiger partial charge in [-0.1, -0.05) is 19.1 Å². The van der Waals surface area contributed by atoms with Gasteiger partial charge in [0, 0.05) is 38.8 Å². The molecule has 1 aliphatic rings.